The Bertz CT molecular complexity index is 907. The highest BCUT2D eigenvalue weighted by molar-refractivity contribution is 5.98. The van der Waals surface area contributed by atoms with Gasteiger partial charge in [0.15, 0.2) is 5.65 Å². The van der Waals surface area contributed by atoms with E-state index in [9.17, 15) is 9.59 Å². The molecule has 0 atom stereocenters. The zero-order valence-corrected chi connectivity index (χ0v) is 19.4. The first kappa shape index (κ1) is 23.6. The summed E-state index contributed by atoms with van der Waals surface area (Å²) in [5.41, 5.74) is 0.755. The van der Waals surface area contributed by atoms with E-state index in [-0.39, 0.29) is 18.5 Å². The molecule has 0 bridgehead atoms. The number of carbonyl (C=O) groups excluding carboxylic acids is 2. The second-order valence-corrected chi connectivity index (χ2v) is 9.01. The van der Waals surface area contributed by atoms with Crippen LogP contribution < -0.4 is 10.6 Å². The van der Waals surface area contributed by atoms with Crippen molar-refractivity contribution in [1.82, 2.24) is 25.4 Å². The van der Waals surface area contributed by atoms with Crippen molar-refractivity contribution in [2.75, 3.05) is 6.54 Å². The number of nitrogens with one attached hydrogen (secondary N) is 2. The summed E-state index contributed by atoms with van der Waals surface area (Å²) in [7, 11) is 0. The zero-order chi connectivity index (χ0) is 22.7. The molecule has 2 rings (SSSR count). The molecule has 0 unspecified atom stereocenters. The van der Waals surface area contributed by atoms with Gasteiger partial charge in [0.25, 0.3) is 5.91 Å². The fourth-order valence-corrected chi connectivity index (χ4v) is 3.26. The lowest BCUT2D eigenvalue weighted by atomic mass is 9.92. The van der Waals surface area contributed by atoms with Crippen molar-refractivity contribution in [3.8, 4) is 0 Å². The summed E-state index contributed by atoms with van der Waals surface area (Å²) in [6.07, 6.45) is 2.55. The number of carbonyl (C=O) groups is 2. The number of pyridine rings is 1. The average Bonchev–Trinajstić information content (AvgIpc) is 3.06. The predicted octanol–water partition coefficient (Wildman–Crippen LogP) is 4.13. The van der Waals surface area contributed by atoms with Crippen LogP contribution in [0.3, 0.4) is 0 Å². The number of rotatable bonds is 7. The molecule has 0 aromatic carbocycles. The van der Waals surface area contributed by atoms with Crippen molar-refractivity contribution >= 4 is 23.0 Å². The van der Waals surface area contributed by atoms with Gasteiger partial charge in [0.05, 0.1) is 23.0 Å². The van der Waals surface area contributed by atoms with Gasteiger partial charge in [-0.15, -0.1) is 0 Å². The third kappa shape index (κ3) is 5.49. The van der Waals surface area contributed by atoms with Gasteiger partial charge >= 0.3 is 6.09 Å². The van der Waals surface area contributed by atoms with Crippen LogP contribution in [0.5, 0.6) is 0 Å². The van der Waals surface area contributed by atoms with E-state index >= 15 is 0 Å². The SMILES string of the molecule is CCC(CC)(CNC(=O)OC(C)(C)C)NC(=O)c1cc2cnn(C(C)C)c2nc1C. The van der Waals surface area contributed by atoms with Crippen molar-refractivity contribution in [3.05, 3.63) is 23.5 Å². The van der Waals surface area contributed by atoms with E-state index in [0.29, 0.717) is 24.1 Å². The average molecular weight is 418 g/mol. The molecule has 30 heavy (non-hydrogen) atoms. The van der Waals surface area contributed by atoms with Gasteiger partial charge in [0, 0.05) is 18.0 Å². The molecule has 2 amide bonds. The van der Waals surface area contributed by atoms with Crippen molar-refractivity contribution in [1.29, 1.82) is 0 Å². The molecule has 166 valence electrons. The Balaban J connectivity index is 2.22. The summed E-state index contributed by atoms with van der Waals surface area (Å²) in [6.45, 7) is 15.6. The Kier molecular flexibility index (Phi) is 7.10. The van der Waals surface area contributed by atoms with Crippen LogP contribution in [0.1, 0.15) is 83.4 Å². The van der Waals surface area contributed by atoms with Gasteiger partial charge in [-0.2, -0.15) is 5.10 Å². The lowest BCUT2D eigenvalue weighted by molar-refractivity contribution is 0.0501. The van der Waals surface area contributed by atoms with Gasteiger partial charge in [0.1, 0.15) is 5.60 Å². The molecular formula is C22H35N5O3. The van der Waals surface area contributed by atoms with E-state index < -0.39 is 17.2 Å². The summed E-state index contributed by atoms with van der Waals surface area (Å²) in [4.78, 5) is 29.8. The summed E-state index contributed by atoms with van der Waals surface area (Å²) in [5.74, 6) is -0.214. The molecule has 0 fully saturated rings. The van der Waals surface area contributed by atoms with E-state index in [2.05, 4.69) is 20.7 Å². The Labute approximate surface area is 178 Å². The van der Waals surface area contributed by atoms with Crippen molar-refractivity contribution in [2.24, 2.45) is 0 Å². The molecule has 0 saturated carbocycles. The quantitative estimate of drug-likeness (QED) is 0.706. The van der Waals surface area contributed by atoms with Gasteiger partial charge in [-0.1, -0.05) is 13.8 Å². The number of hydrogen-bond acceptors (Lipinski definition) is 5. The van der Waals surface area contributed by atoms with Crippen LogP contribution in [-0.4, -0.2) is 44.4 Å². The summed E-state index contributed by atoms with van der Waals surface area (Å²) >= 11 is 0. The molecule has 0 spiro atoms. The molecule has 0 saturated heterocycles. The summed E-state index contributed by atoms with van der Waals surface area (Å²) < 4.78 is 7.16. The normalized spacial score (nSPS) is 12.3. The fraction of sp³-hybridized carbons (Fsp3) is 0.636. The second kappa shape index (κ2) is 9.02. The van der Waals surface area contributed by atoms with Crippen LogP contribution in [0.2, 0.25) is 0 Å². The minimum Gasteiger partial charge on any atom is -0.444 e. The number of hydrogen-bond donors (Lipinski definition) is 2. The maximum Gasteiger partial charge on any atom is 0.407 e. The first-order valence-corrected chi connectivity index (χ1v) is 10.6. The number of fused-ring (bicyclic) bond motifs is 1. The van der Waals surface area contributed by atoms with E-state index in [1.54, 1.807) is 6.20 Å². The van der Waals surface area contributed by atoms with Crippen LogP contribution in [0.15, 0.2) is 12.3 Å². The number of alkyl carbamates (subject to hydrolysis) is 1. The van der Waals surface area contributed by atoms with Crippen LogP contribution >= 0.6 is 0 Å². The maximum absolute atomic E-state index is 13.1. The molecule has 0 aliphatic heterocycles. The molecule has 0 aliphatic rings. The first-order valence-electron chi connectivity index (χ1n) is 10.6. The van der Waals surface area contributed by atoms with Crippen LogP contribution in [-0.2, 0) is 4.74 Å². The molecule has 0 aliphatic carbocycles. The molecule has 2 aromatic rings. The lowest BCUT2D eigenvalue weighted by Crippen LogP contribution is -2.55. The Morgan fingerprint density at radius 1 is 1.20 bits per heavy atom. The monoisotopic (exact) mass is 417 g/mol. The van der Waals surface area contributed by atoms with Gasteiger partial charge < -0.3 is 15.4 Å². The lowest BCUT2D eigenvalue weighted by Gasteiger charge is -2.33. The number of ether oxygens (including phenoxy) is 1. The number of aromatic nitrogens is 3. The summed E-state index contributed by atoms with van der Waals surface area (Å²) in [5, 5.41) is 11.1. The minimum absolute atomic E-state index is 0.181. The van der Waals surface area contributed by atoms with Crippen molar-refractivity contribution in [2.45, 2.75) is 85.4 Å². The van der Waals surface area contributed by atoms with E-state index in [0.717, 1.165) is 11.0 Å². The Hall–Kier alpha value is -2.64. The van der Waals surface area contributed by atoms with Crippen molar-refractivity contribution in [3.63, 3.8) is 0 Å². The molecule has 8 nitrogen and oxygen atoms in total. The van der Waals surface area contributed by atoms with E-state index in [1.165, 1.54) is 0 Å². The predicted molar refractivity (Wildman–Crippen MR) is 118 cm³/mol. The third-order valence-corrected chi connectivity index (χ3v) is 5.20. The number of aryl methyl sites for hydroxylation is 1. The summed E-state index contributed by atoms with van der Waals surface area (Å²) in [6, 6.07) is 2.01. The molecule has 0 radical (unpaired) electrons. The van der Waals surface area contributed by atoms with Crippen LogP contribution in [0.25, 0.3) is 11.0 Å². The maximum atomic E-state index is 13.1. The zero-order valence-electron chi connectivity index (χ0n) is 19.4. The largest absolute Gasteiger partial charge is 0.444 e. The van der Waals surface area contributed by atoms with Gasteiger partial charge in [-0.05, 0) is 60.5 Å². The third-order valence-electron chi connectivity index (χ3n) is 5.20. The van der Waals surface area contributed by atoms with Gasteiger partial charge in [0.2, 0.25) is 0 Å². The molecule has 2 N–H and O–H groups in total. The van der Waals surface area contributed by atoms with Gasteiger partial charge in [-0.3, -0.25) is 4.79 Å². The molecular weight excluding hydrogens is 382 g/mol. The van der Waals surface area contributed by atoms with Gasteiger partial charge in [-0.25, -0.2) is 14.5 Å². The first-order chi connectivity index (χ1) is 13.9. The Morgan fingerprint density at radius 3 is 2.37 bits per heavy atom. The minimum atomic E-state index is -0.586. The second-order valence-electron chi connectivity index (χ2n) is 9.01. The van der Waals surface area contributed by atoms with Crippen molar-refractivity contribution < 1.29 is 14.3 Å². The highest BCUT2D eigenvalue weighted by atomic mass is 16.6. The number of amides is 2. The fourth-order valence-electron chi connectivity index (χ4n) is 3.26. The Morgan fingerprint density at radius 2 is 1.83 bits per heavy atom. The van der Waals surface area contributed by atoms with Crippen LogP contribution in [0, 0.1) is 6.92 Å². The standard InChI is InChI=1S/C22H35N5O3/c1-9-22(10-2,13-23-20(29)30-21(6,7)8)26-19(28)17-11-16-12-24-27(14(3)4)18(16)25-15(17)5/h11-12,14H,9-10,13H2,1-8H3,(H,23,29)(H,26,28). The van der Waals surface area contributed by atoms with E-state index in [4.69, 9.17) is 4.74 Å². The highest BCUT2D eigenvalue weighted by Gasteiger charge is 2.31. The van der Waals surface area contributed by atoms with Crippen LogP contribution in [0.4, 0.5) is 4.79 Å². The van der Waals surface area contributed by atoms with E-state index in [1.807, 2.05) is 66.1 Å². The highest BCUT2D eigenvalue weighted by Crippen LogP contribution is 2.21. The smallest absolute Gasteiger partial charge is 0.407 e. The topological polar surface area (TPSA) is 98.1 Å². The molecule has 2 heterocycles. The number of nitrogens with zero attached hydrogens (tertiary/aromatic N) is 3. The molecule has 2 aromatic heterocycles. The molecule has 8 heteroatoms.